The van der Waals surface area contributed by atoms with Crippen molar-refractivity contribution in [2.75, 3.05) is 10.6 Å². The third-order valence-electron chi connectivity index (χ3n) is 3.92. The van der Waals surface area contributed by atoms with Gasteiger partial charge in [0.15, 0.2) is 0 Å². The molecular formula is C19H18Cl2N2O2S. The molecule has 0 radical (unpaired) electrons. The van der Waals surface area contributed by atoms with E-state index in [1.807, 2.05) is 31.2 Å². The van der Waals surface area contributed by atoms with E-state index in [1.54, 1.807) is 18.2 Å². The Bertz CT molecular complexity index is 840. The summed E-state index contributed by atoms with van der Waals surface area (Å²) in [7, 11) is 0. The van der Waals surface area contributed by atoms with E-state index in [1.165, 1.54) is 11.8 Å². The van der Waals surface area contributed by atoms with Crippen LogP contribution in [0.3, 0.4) is 0 Å². The summed E-state index contributed by atoms with van der Waals surface area (Å²) in [6.45, 7) is 1.82. The van der Waals surface area contributed by atoms with E-state index in [0.29, 0.717) is 15.7 Å². The zero-order chi connectivity index (χ0) is 18.7. The van der Waals surface area contributed by atoms with Crippen LogP contribution in [0.25, 0.3) is 0 Å². The number of rotatable bonds is 6. The Morgan fingerprint density at radius 1 is 1.12 bits per heavy atom. The van der Waals surface area contributed by atoms with Crippen molar-refractivity contribution in [2.24, 2.45) is 5.92 Å². The van der Waals surface area contributed by atoms with Gasteiger partial charge in [-0.05, 0) is 56.2 Å². The molecule has 7 heteroatoms. The lowest BCUT2D eigenvalue weighted by molar-refractivity contribution is -0.117. The number of carbonyl (C=O) groups excluding carboxylic acids is 2. The minimum absolute atomic E-state index is 0.0651. The molecule has 2 aromatic rings. The first-order valence-electron chi connectivity index (χ1n) is 8.26. The Labute approximate surface area is 166 Å². The molecule has 4 nitrogen and oxygen atoms in total. The van der Waals surface area contributed by atoms with Crippen LogP contribution in [0.4, 0.5) is 11.4 Å². The van der Waals surface area contributed by atoms with Crippen molar-refractivity contribution in [3.8, 4) is 0 Å². The Morgan fingerprint density at radius 3 is 2.58 bits per heavy atom. The molecule has 26 heavy (non-hydrogen) atoms. The smallest absolute Gasteiger partial charge is 0.237 e. The van der Waals surface area contributed by atoms with Crippen molar-refractivity contribution >= 4 is 58.2 Å². The number of hydrogen-bond acceptors (Lipinski definition) is 3. The number of hydrogen-bond donors (Lipinski definition) is 2. The highest BCUT2D eigenvalue weighted by atomic mass is 35.5. The molecule has 1 fully saturated rings. The van der Waals surface area contributed by atoms with Gasteiger partial charge in [0, 0.05) is 21.5 Å². The number of halogens is 2. The number of carbonyl (C=O) groups is 2. The van der Waals surface area contributed by atoms with Crippen LogP contribution in [0.2, 0.25) is 10.0 Å². The van der Waals surface area contributed by atoms with Crippen LogP contribution in [-0.4, -0.2) is 17.1 Å². The summed E-state index contributed by atoms with van der Waals surface area (Å²) in [5.74, 6) is 0.0575. The molecule has 1 atom stereocenters. The maximum absolute atomic E-state index is 12.4. The van der Waals surface area contributed by atoms with E-state index in [4.69, 9.17) is 23.2 Å². The molecule has 3 rings (SSSR count). The summed E-state index contributed by atoms with van der Waals surface area (Å²) < 4.78 is 0. The van der Waals surface area contributed by atoms with E-state index in [2.05, 4.69) is 10.6 Å². The second-order valence-corrected chi connectivity index (χ2v) is 8.42. The molecule has 0 heterocycles. The van der Waals surface area contributed by atoms with E-state index >= 15 is 0 Å². The van der Waals surface area contributed by atoms with E-state index in [0.717, 1.165) is 23.4 Å². The molecule has 0 aromatic heterocycles. The second-order valence-electron chi connectivity index (χ2n) is 6.16. The highest BCUT2D eigenvalue weighted by Gasteiger charge is 2.29. The monoisotopic (exact) mass is 408 g/mol. The average Bonchev–Trinajstić information content (AvgIpc) is 3.42. The first kappa shape index (κ1) is 19.1. The third-order valence-corrected chi connectivity index (χ3v) is 5.56. The van der Waals surface area contributed by atoms with Crippen LogP contribution >= 0.6 is 35.0 Å². The first-order chi connectivity index (χ1) is 12.4. The number of amides is 2. The fourth-order valence-electron chi connectivity index (χ4n) is 2.32. The van der Waals surface area contributed by atoms with Gasteiger partial charge in [0.05, 0.1) is 16.0 Å². The quantitative estimate of drug-likeness (QED) is 0.623. The summed E-state index contributed by atoms with van der Waals surface area (Å²) in [6, 6.07) is 12.4. The number of anilines is 2. The van der Waals surface area contributed by atoms with Gasteiger partial charge in [0.25, 0.3) is 0 Å². The molecule has 1 saturated carbocycles. The van der Waals surface area contributed by atoms with Gasteiger partial charge < -0.3 is 10.6 Å². The Balaban J connectivity index is 1.60. The molecule has 0 bridgehead atoms. The highest BCUT2D eigenvalue weighted by Crippen LogP contribution is 2.32. The minimum atomic E-state index is -0.337. The van der Waals surface area contributed by atoms with E-state index < -0.39 is 0 Å². The van der Waals surface area contributed by atoms with Gasteiger partial charge in [-0.3, -0.25) is 9.59 Å². The van der Waals surface area contributed by atoms with Crippen LogP contribution in [0.1, 0.15) is 19.8 Å². The van der Waals surface area contributed by atoms with Crippen molar-refractivity contribution < 1.29 is 9.59 Å². The molecule has 0 spiro atoms. The second kappa shape index (κ2) is 8.33. The number of thioether (sulfide) groups is 1. The maximum Gasteiger partial charge on any atom is 0.237 e. The third kappa shape index (κ3) is 5.16. The van der Waals surface area contributed by atoms with Gasteiger partial charge in [-0.2, -0.15) is 0 Å². The zero-order valence-electron chi connectivity index (χ0n) is 14.1. The molecular weight excluding hydrogens is 391 g/mol. The van der Waals surface area contributed by atoms with Crippen LogP contribution in [0.15, 0.2) is 47.4 Å². The Kier molecular flexibility index (Phi) is 6.12. The molecule has 2 N–H and O–H groups in total. The number of nitrogens with one attached hydrogen (secondary N) is 2. The Morgan fingerprint density at radius 2 is 1.88 bits per heavy atom. The summed E-state index contributed by atoms with van der Waals surface area (Å²) in [6.07, 6.45) is 1.93. The van der Waals surface area contributed by atoms with Gasteiger partial charge in [-0.15, -0.1) is 11.8 Å². The normalized spacial score (nSPS) is 14.6. The van der Waals surface area contributed by atoms with Crippen molar-refractivity contribution in [3.05, 3.63) is 52.5 Å². The molecule has 136 valence electrons. The predicted molar refractivity (Wildman–Crippen MR) is 108 cm³/mol. The SMILES string of the molecule is CC(Sc1cccc(NC(=O)C2CC2)c1)C(=O)Nc1ccc(Cl)cc1Cl. The fourth-order valence-corrected chi connectivity index (χ4v) is 3.70. The standard InChI is InChI=1S/C19H18Cl2N2O2S/c1-11(18(24)23-17-8-7-13(20)9-16(17)21)26-15-4-2-3-14(10-15)22-19(25)12-5-6-12/h2-4,7-12H,5-6H2,1H3,(H,22,25)(H,23,24). The van der Waals surface area contributed by atoms with Gasteiger partial charge in [-0.1, -0.05) is 29.3 Å². The van der Waals surface area contributed by atoms with Gasteiger partial charge in [0.1, 0.15) is 0 Å². The van der Waals surface area contributed by atoms with Crippen LogP contribution in [-0.2, 0) is 9.59 Å². The molecule has 0 aliphatic heterocycles. The molecule has 0 saturated heterocycles. The summed E-state index contributed by atoms with van der Waals surface area (Å²) >= 11 is 13.4. The van der Waals surface area contributed by atoms with Crippen molar-refractivity contribution in [1.82, 2.24) is 0 Å². The Hall–Kier alpha value is -1.69. The average molecular weight is 409 g/mol. The fraction of sp³-hybridized carbons (Fsp3) is 0.263. The van der Waals surface area contributed by atoms with Crippen LogP contribution in [0.5, 0.6) is 0 Å². The van der Waals surface area contributed by atoms with Crippen molar-refractivity contribution in [2.45, 2.75) is 29.9 Å². The van der Waals surface area contributed by atoms with Crippen molar-refractivity contribution in [1.29, 1.82) is 0 Å². The first-order valence-corrected chi connectivity index (χ1v) is 9.89. The van der Waals surface area contributed by atoms with Crippen LogP contribution < -0.4 is 10.6 Å². The predicted octanol–water partition coefficient (Wildman–Crippen LogP) is 5.46. The van der Waals surface area contributed by atoms with E-state index in [-0.39, 0.29) is 23.0 Å². The molecule has 1 unspecified atom stereocenters. The number of benzene rings is 2. The van der Waals surface area contributed by atoms with Crippen LogP contribution in [0, 0.1) is 5.92 Å². The molecule has 1 aliphatic carbocycles. The molecule has 2 amide bonds. The highest BCUT2D eigenvalue weighted by molar-refractivity contribution is 8.00. The zero-order valence-corrected chi connectivity index (χ0v) is 16.4. The minimum Gasteiger partial charge on any atom is -0.326 e. The van der Waals surface area contributed by atoms with Gasteiger partial charge in [-0.25, -0.2) is 0 Å². The molecule has 1 aliphatic rings. The summed E-state index contributed by atoms with van der Waals surface area (Å²) in [5.41, 5.74) is 1.28. The van der Waals surface area contributed by atoms with Crippen molar-refractivity contribution in [3.63, 3.8) is 0 Å². The van der Waals surface area contributed by atoms with Gasteiger partial charge >= 0.3 is 0 Å². The molecule has 2 aromatic carbocycles. The lowest BCUT2D eigenvalue weighted by atomic mass is 10.3. The van der Waals surface area contributed by atoms with E-state index in [9.17, 15) is 9.59 Å². The lowest BCUT2D eigenvalue weighted by Crippen LogP contribution is -2.22. The van der Waals surface area contributed by atoms with Gasteiger partial charge in [0.2, 0.25) is 11.8 Å². The largest absolute Gasteiger partial charge is 0.326 e. The summed E-state index contributed by atoms with van der Waals surface area (Å²) in [5, 5.41) is 6.30. The maximum atomic E-state index is 12.4. The topological polar surface area (TPSA) is 58.2 Å². The lowest BCUT2D eigenvalue weighted by Gasteiger charge is -2.14. The summed E-state index contributed by atoms with van der Waals surface area (Å²) in [4.78, 5) is 25.2.